The topological polar surface area (TPSA) is 36.4 Å². The highest BCUT2D eigenvalue weighted by atomic mass is 16.2. The molecular weight excluding hydrogens is 274 g/mol. The third-order valence-electron chi connectivity index (χ3n) is 4.25. The quantitative estimate of drug-likeness (QED) is 0.873. The molecule has 4 nitrogen and oxygen atoms in total. The summed E-state index contributed by atoms with van der Waals surface area (Å²) in [6.07, 6.45) is 2.57. The number of hydrogen-bond donors (Lipinski definition) is 0. The molecule has 3 rings (SSSR count). The molecule has 1 aliphatic heterocycles. The lowest BCUT2D eigenvalue weighted by Gasteiger charge is -2.36. The van der Waals surface area contributed by atoms with E-state index >= 15 is 0 Å². The standard InChI is InChI=1S/C18H21N3O/c1-3-15(14-8-5-4-6-9-14)18(22)21-13-12-20(2)17-16(21)10-7-11-19-17/h4-11,15H,3,12-13H2,1-2H3. The number of carbonyl (C=O) groups is 1. The van der Waals surface area contributed by atoms with Gasteiger partial charge in [-0.2, -0.15) is 0 Å². The number of anilines is 2. The Hall–Kier alpha value is -2.36. The van der Waals surface area contributed by atoms with Crippen LogP contribution in [0.5, 0.6) is 0 Å². The maximum atomic E-state index is 13.1. The van der Waals surface area contributed by atoms with E-state index in [0.717, 1.165) is 30.0 Å². The molecule has 0 fully saturated rings. The molecule has 1 atom stereocenters. The smallest absolute Gasteiger partial charge is 0.234 e. The third-order valence-corrected chi connectivity index (χ3v) is 4.25. The van der Waals surface area contributed by atoms with Crippen molar-refractivity contribution >= 4 is 17.4 Å². The number of likely N-dealkylation sites (N-methyl/N-ethyl adjacent to an activating group) is 1. The number of benzene rings is 1. The minimum atomic E-state index is -0.0994. The Kier molecular flexibility index (Phi) is 4.09. The minimum Gasteiger partial charge on any atom is -0.356 e. The molecule has 0 saturated carbocycles. The maximum Gasteiger partial charge on any atom is 0.234 e. The summed E-state index contributed by atoms with van der Waals surface area (Å²) in [5.41, 5.74) is 2.00. The first-order chi connectivity index (χ1) is 10.7. The van der Waals surface area contributed by atoms with Crippen molar-refractivity contribution in [2.45, 2.75) is 19.3 Å². The van der Waals surface area contributed by atoms with Crippen LogP contribution in [0.1, 0.15) is 24.8 Å². The van der Waals surface area contributed by atoms with Gasteiger partial charge < -0.3 is 9.80 Å². The van der Waals surface area contributed by atoms with E-state index in [-0.39, 0.29) is 11.8 Å². The highest BCUT2D eigenvalue weighted by molar-refractivity contribution is 6.01. The molecule has 1 unspecified atom stereocenters. The molecule has 1 aromatic heterocycles. The number of amides is 1. The fourth-order valence-electron chi connectivity index (χ4n) is 3.02. The molecule has 114 valence electrons. The van der Waals surface area contributed by atoms with Gasteiger partial charge in [-0.3, -0.25) is 4.79 Å². The summed E-state index contributed by atoms with van der Waals surface area (Å²) in [6.45, 7) is 3.58. The van der Waals surface area contributed by atoms with Crippen molar-refractivity contribution in [2.75, 3.05) is 29.9 Å². The molecule has 0 saturated heterocycles. The molecular formula is C18H21N3O. The van der Waals surface area contributed by atoms with E-state index in [0.29, 0.717) is 6.54 Å². The van der Waals surface area contributed by atoms with E-state index in [1.54, 1.807) is 6.20 Å². The number of aromatic nitrogens is 1. The van der Waals surface area contributed by atoms with Gasteiger partial charge >= 0.3 is 0 Å². The summed E-state index contributed by atoms with van der Waals surface area (Å²) >= 11 is 0. The Morgan fingerprint density at radius 3 is 2.68 bits per heavy atom. The van der Waals surface area contributed by atoms with Crippen LogP contribution in [-0.2, 0) is 4.79 Å². The van der Waals surface area contributed by atoms with Gasteiger partial charge in [0.1, 0.15) is 0 Å². The predicted octanol–water partition coefficient (Wildman–Crippen LogP) is 3.06. The van der Waals surface area contributed by atoms with Crippen LogP contribution in [-0.4, -0.2) is 31.0 Å². The highest BCUT2D eigenvalue weighted by Crippen LogP contribution is 2.33. The van der Waals surface area contributed by atoms with Crippen LogP contribution in [0.2, 0.25) is 0 Å². The second-order valence-corrected chi connectivity index (χ2v) is 5.63. The number of pyridine rings is 1. The molecule has 0 radical (unpaired) electrons. The molecule has 2 heterocycles. The normalized spacial score (nSPS) is 15.4. The van der Waals surface area contributed by atoms with Crippen molar-refractivity contribution in [3.63, 3.8) is 0 Å². The van der Waals surface area contributed by atoms with Crippen LogP contribution in [0, 0.1) is 0 Å². The lowest BCUT2D eigenvalue weighted by molar-refractivity contribution is -0.120. The first-order valence-corrected chi connectivity index (χ1v) is 7.75. The first kappa shape index (κ1) is 14.6. The minimum absolute atomic E-state index is 0.0994. The number of nitrogens with zero attached hydrogens (tertiary/aromatic N) is 3. The van der Waals surface area contributed by atoms with E-state index in [1.165, 1.54) is 0 Å². The summed E-state index contributed by atoms with van der Waals surface area (Å²) in [5.74, 6) is 0.943. The summed E-state index contributed by atoms with van der Waals surface area (Å²) < 4.78 is 0. The van der Waals surface area contributed by atoms with Gasteiger partial charge in [-0.25, -0.2) is 4.98 Å². The second kappa shape index (κ2) is 6.18. The molecule has 22 heavy (non-hydrogen) atoms. The molecule has 4 heteroatoms. The number of fused-ring (bicyclic) bond motifs is 1. The number of rotatable bonds is 3. The first-order valence-electron chi connectivity index (χ1n) is 7.75. The van der Waals surface area contributed by atoms with E-state index in [9.17, 15) is 4.79 Å². The van der Waals surface area contributed by atoms with Crippen molar-refractivity contribution < 1.29 is 4.79 Å². The molecule has 0 bridgehead atoms. The number of carbonyl (C=O) groups excluding carboxylic acids is 1. The fraction of sp³-hybridized carbons (Fsp3) is 0.333. The SMILES string of the molecule is CCC(C(=O)N1CCN(C)c2ncccc21)c1ccccc1. The Labute approximate surface area is 131 Å². The fourth-order valence-corrected chi connectivity index (χ4v) is 3.02. The Balaban J connectivity index is 1.94. The van der Waals surface area contributed by atoms with Gasteiger partial charge in [-0.15, -0.1) is 0 Å². The lowest BCUT2D eigenvalue weighted by atomic mass is 9.94. The highest BCUT2D eigenvalue weighted by Gasteiger charge is 2.30. The average Bonchev–Trinajstić information content (AvgIpc) is 2.57. The van der Waals surface area contributed by atoms with Gasteiger partial charge in [0.05, 0.1) is 11.6 Å². The molecule has 1 aliphatic rings. The van der Waals surface area contributed by atoms with Gasteiger partial charge in [0, 0.05) is 26.3 Å². The van der Waals surface area contributed by atoms with E-state index in [4.69, 9.17) is 0 Å². The molecule has 0 spiro atoms. The van der Waals surface area contributed by atoms with Crippen molar-refractivity contribution in [3.05, 3.63) is 54.2 Å². The zero-order chi connectivity index (χ0) is 15.5. The zero-order valence-electron chi connectivity index (χ0n) is 13.1. The largest absolute Gasteiger partial charge is 0.356 e. The van der Waals surface area contributed by atoms with Gasteiger partial charge in [-0.1, -0.05) is 37.3 Å². The molecule has 1 aromatic carbocycles. The maximum absolute atomic E-state index is 13.1. The molecule has 0 aliphatic carbocycles. The van der Waals surface area contributed by atoms with E-state index in [1.807, 2.05) is 54.4 Å². The van der Waals surface area contributed by atoms with Crippen LogP contribution in [0.4, 0.5) is 11.5 Å². The summed E-state index contributed by atoms with van der Waals surface area (Å²) in [5, 5.41) is 0. The van der Waals surface area contributed by atoms with Crippen LogP contribution < -0.4 is 9.80 Å². The van der Waals surface area contributed by atoms with Crippen LogP contribution in [0.15, 0.2) is 48.7 Å². The monoisotopic (exact) mass is 295 g/mol. The van der Waals surface area contributed by atoms with Crippen molar-refractivity contribution in [1.29, 1.82) is 0 Å². The molecule has 0 N–H and O–H groups in total. The van der Waals surface area contributed by atoms with Gasteiger partial charge in [-0.05, 0) is 24.1 Å². The van der Waals surface area contributed by atoms with E-state index in [2.05, 4.69) is 16.8 Å². The average molecular weight is 295 g/mol. The van der Waals surface area contributed by atoms with Crippen LogP contribution >= 0.6 is 0 Å². The molecule has 1 amide bonds. The Bertz CT molecular complexity index is 656. The van der Waals surface area contributed by atoms with Crippen molar-refractivity contribution in [3.8, 4) is 0 Å². The lowest BCUT2D eigenvalue weighted by Crippen LogP contribution is -2.45. The third kappa shape index (κ3) is 2.56. The summed E-state index contributed by atoms with van der Waals surface area (Å²) in [4.78, 5) is 21.5. The summed E-state index contributed by atoms with van der Waals surface area (Å²) in [6, 6.07) is 13.9. The van der Waals surface area contributed by atoms with Crippen LogP contribution in [0.3, 0.4) is 0 Å². The van der Waals surface area contributed by atoms with Crippen LogP contribution in [0.25, 0.3) is 0 Å². The Morgan fingerprint density at radius 1 is 1.18 bits per heavy atom. The van der Waals surface area contributed by atoms with Gasteiger partial charge in [0.2, 0.25) is 5.91 Å². The van der Waals surface area contributed by atoms with Gasteiger partial charge in [0.25, 0.3) is 0 Å². The predicted molar refractivity (Wildman–Crippen MR) is 89.3 cm³/mol. The van der Waals surface area contributed by atoms with Crippen molar-refractivity contribution in [1.82, 2.24) is 4.98 Å². The van der Waals surface area contributed by atoms with Crippen molar-refractivity contribution in [2.24, 2.45) is 0 Å². The van der Waals surface area contributed by atoms with Gasteiger partial charge in [0.15, 0.2) is 5.82 Å². The Morgan fingerprint density at radius 2 is 1.95 bits per heavy atom. The zero-order valence-corrected chi connectivity index (χ0v) is 13.1. The molecule has 2 aromatic rings. The number of hydrogen-bond acceptors (Lipinski definition) is 3. The summed E-state index contributed by atoms with van der Waals surface area (Å²) in [7, 11) is 2.02. The second-order valence-electron chi connectivity index (χ2n) is 5.63. The van der Waals surface area contributed by atoms with E-state index < -0.39 is 0 Å².